The molecule has 0 saturated carbocycles. The molecule has 1 aliphatic rings. The number of nitrogens with one attached hydrogen (secondary N) is 3. The SMILES string of the molecule is C=C/N=C(NC1CCCN(C#N)C1)\C(C(=N)c1ccc(CNC(=O)c2ccccc2OC)cc1)=C(/C)N. The number of nitrogens with two attached hydrogens (primary N) is 1. The third kappa shape index (κ3) is 6.98. The molecule has 9 heteroatoms. The van der Waals surface area contributed by atoms with Crippen LogP contribution in [0.15, 0.2) is 77.6 Å². The Morgan fingerprint density at radius 3 is 2.70 bits per heavy atom. The monoisotopic (exact) mass is 499 g/mol. The van der Waals surface area contributed by atoms with Gasteiger partial charge in [-0.25, -0.2) is 4.99 Å². The van der Waals surface area contributed by atoms with Crippen LogP contribution < -0.4 is 21.1 Å². The summed E-state index contributed by atoms with van der Waals surface area (Å²) in [5.74, 6) is 0.740. The van der Waals surface area contributed by atoms with Crippen molar-refractivity contribution < 1.29 is 9.53 Å². The van der Waals surface area contributed by atoms with Crippen LogP contribution in [0, 0.1) is 16.9 Å². The normalized spacial score (nSPS) is 16.2. The summed E-state index contributed by atoms with van der Waals surface area (Å²) in [7, 11) is 1.53. The number of hydrogen-bond donors (Lipinski definition) is 4. The lowest BCUT2D eigenvalue weighted by molar-refractivity contribution is 0.0948. The number of likely N-dealkylation sites (tertiary alicyclic amines) is 1. The summed E-state index contributed by atoms with van der Waals surface area (Å²) in [5, 5.41) is 24.4. The van der Waals surface area contributed by atoms with E-state index in [1.807, 2.05) is 30.3 Å². The summed E-state index contributed by atoms with van der Waals surface area (Å²) >= 11 is 0. The fourth-order valence-corrected chi connectivity index (χ4v) is 4.19. The average Bonchev–Trinajstić information content (AvgIpc) is 2.92. The smallest absolute Gasteiger partial charge is 0.255 e. The zero-order chi connectivity index (χ0) is 26.8. The van der Waals surface area contributed by atoms with E-state index in [1.54, 1.807) is 30.0 Å². The number of piperidine rings is 1. The predicted molar refractivity (Wildman–Crippen MR) is 145 cm³/mol. The molecule has 37 heavy (non-hydrogen) atoms. The minimum absolute atomic E-state index is 0.00322. The van der Waals surface area contributed by atoms with Gasteiger partial charge in [-0.15, -0.1) is 0 Å². The minimum atomic E-state index is -0.229. The van der Waals surface area contributed by atoms with Crippen LogP contribution in [-0.2, 0) is 6.54 Å². The number of methoxy groups -OCH3 is 1. The lowest BCUT2D eigenvalue weighted by Crippen LogP contribution is -2.47. The molecule has 1 amide bonds. The first-order chi connectivity index (χ1) is 17.9. The molecule has 9 nitrogen and oxygen atoms in total. The summed E-state index contributed by atoms with van der Waals surface area (Å²) in [6.07, 6.45) is 5.38. The zero-order valence-corrected chi connectivity index (χ0v) is 21.3. The first-order valence-corrected chi connectivity index (χ1v) is 12.0. The first-order valence-electron chi connectivity index (χ1n) is 12.0. The van der Waals surface area contributed by atoms with Gasteiger partial charge in [-0.2, -0.15) is 5.26 Å². The van der Waals surface area contributed by atoms with Gasteiger partial charge in [-0.05, 0) is 37.5 Å². The van der Waals surface area contributed by atoms with Crippen LogP contribution in [0.2, 0.25) is 0 Å². The van der Waals surface area contributed by atoms with Gasteiger partial charge < -0.3 is 26.0 Å². The number of para-hydroxylation sites is 1. The highest BCUT2D eigenvalue weighted by atomic mass is 16.5. The van der Waals surface area contributed by atoms with Gasteiger partial charge in [0.15, 0.2) is 6.19 Å². The van der Waals surface area contributed by atoms with Gasteiger partial charge in [0.25, 0.3) is 5.91 Å². The van der Waals surface area contributed by atoms with Crippen molar-refractivity contribution >= 4 is 17.5 Å². The van der Waals surface area contributed by atoms with Gasteiger partial charge in [0.2, 0.25) is 0 Å². The van der Waals surface area contributed by atoms with E-state index in [2.05, 4.69) is 28.4 Å². The molecule has 1 fully saturated rings. The Kier molecular flexibility index (Phi) is 9.44. The van der Waals surface area contributed by atoms with E-state index in [0.717, 1.165) is 24.9 Å². The van der Waals surface area contributed by atoms with Gasteiger partial charge in [-0.3, -0.25) is 10.2 Å². The molecule has 1 atom stereocenters. The van der Waals surface area contributed by atoms with Crippen LogP contribution in [0.1, 0.15) is 41.3 Å². The average molecular weight is 500 g/mol. The fourth-order valence-electron chi connectivity index (χ4n) is 4.19. The van der Waals surface area contributed by atoms with Gasteiger partial charge in [-0.1, -0.05) is 43.0 Å². The number of benzene rings is 2. The highest BCUT2D eigenvalue weighted by Gasteiger charge is 2.24. The molecule has 3 rings (SSSR count). The van der Waals surface area contributed by atoms with Gasteiger partial charge >= 0.3 is 0 Å². The number of rotatable bonds is 9. The Labute approximate surface area is 217 Å². The highest BCUT2D eigenvalue weighted by Crippen LogP contribution is 2.18. The van der Waals surface area contributed by atoms with E-state index >= 15 is 0 Å². The number of allylic oxidation sites excluding steroid dienone is 1. The van der Waals surface area contributed by atoms with Gasteiger partial charge in [0.1, 0.15) is 11.6 Å². The maximum Gasteiger partial charge on any atom is 0.255 e. The molecule has 0 bridgehead atoms. The summed E-state index contributed by atoms with van der Waals surface area (Å²) < 4.78 is 5.26. The van der Waals surface area contributed by atoms with Crippen LogP contribution >= 0.6 is 0 Å². The van der Waals surface area contributed by atoms with Crippen LogP contribution in [-0.4, -0.2) is 48.6 Å². The molecular weight excluding hydrogens is 466 g/mol. The predicted octanol–water partition coefficient (Wildman–Crippen LogP) is 3.30. The molecule has 1 unspecified atom stereocenters. The molecule has 0 aromatic heterocycles. The van der Waals surface area contributed by atoms with Crippen molar-refractivity contribution in [1.82, 2.24) is 15.5 Å². The minimum Gasteiger partial charge on any atom is -0.496 e. The molecule has 0 spiro atoms. The number of ether oxygens (including phenoxy) is 1. The Morgan fingerprint density at radius 2 is 2.05 bits per heavy atom. The quantitative estimate of drug-likeness (QED) is 0.237. The zero-order valence-electron chi connectivity index (χ0n) is 21.3. The van der Waals surface area contributed by atoms with Gasteiger partial charge in [0.05, 0.1) is 24.0 Å². The standard InChI is InChI=1S/C28H33N7O2/c1-4-32-27(34-22-8-7-15-35(17-22)18-29)25(19(2)30)26(31)21-13-11-20(12-14-21)16-33-28(36)23-9-5-6-10-24(23)37-3/h4-6,9-14,22,31H,1,7-8,15-17,30H2,2-3H3,(H,32,34)(H,33,36)/b25-19+,31-26?. The molecule has 1 aliphatic heterocycles. The van der Waals surface area contributed by atoms with Crippen molar-refractivity contribution in [2.75, 3.05) is 20.2 Å². The second kappa shape index (κ2) is 12.9. The van der Waals surface area contributed by atoms with Crippen molar-refractivity contribution in [2.24, 2.45) is 10.7 Å². The molecule has 2 aromatic carbocycles. The molecule has 2 aromatic rings. The second-order valence-electron chi connectivity index (χ2n) is 8.70. The Balaban J connectivity index is 1.72. The van der Waals surface area contributed by atoms with Crippen LogP contribution in [0.4, 0.5) is 0 Å². The summed E-state index contributed by atoms with van der Waals surface area (Å²) in [6, 6.07) is 14.4. The molecule has 192 valence electrons. The van der Waals surface area contributed by atoms with Crippen LogP contribution in [0.3, 0.4) is 0 Å². The van der Waals surface area contributed by atoms with Crippen molar-refractivity contribution in [1.29, 1.82) is 10.7 Å². The largest absolute Gasteiger partial charge is 0.496 e. The van der Waals surface area contributed by atoms with E-state index in [4.69, 9.17) is 15.9 Å². The maximum atomic E-state index is 12.6. The molecule has 5 N–H and O–H groups in total. The lowest BCUT2D eigenvalue weighted by atomic mass is 9.97. The van der Waals surface area contributed by atoms with E-state index < -0.39 is 0 Å². The molecule has 1 heterocycles. The van der Waals surface area contributed by atoms with Crippen LogP contribution in [0.25, 0.3) is 0 Å². The van der Waals surface area contributed by atoms with E-state index in [0.29, 0.717) is 47.1 Å². The lowest BCUT2D eigenvalue weighted by Gasteiger charge is -2.31. The van der Waals surface area contributed by atoms with Crippen molar-refractivity contribution in [3.8, 4) is 11.9 Å². The highest BCUT2D eigenvalue weighted by molar-refractivity contribution is 6.28. The number of carbonyl (C=O) groups is 1. The molecular formula is C28H33N7O2. The number of carbonyl (C=O) groups excluding carboxylic acids is 1. The van der Waals surface area contributed by atoms with Crippen LogP contribution in [0.5, 0.6) is 5.75 Å². The first kappa shape index (κ1) is 27.0. The van der Waals surface area contributed by atoms with Crippen molar-refractivity contribution in [3.05, 3.63) is 89.3 Å². The molecule has 0 radical (unpaired) electrons. The number of nitrogens with zero attached hydrogens (tertiary/aromatic N) is 3. The Morgan fingerprint density at radius 1 is 1.32 bits per heavy atom. The summed E-state index contributed by atoms with van der Waals surface area (Å²) in [4.78, 5) is 18.7. The summed E-state index contributed by atoms with van der Waals surface area (Å²) in [6.45, 7) is 7.07. The molecule has 1 saturated heterocycles. The Hall–Kier alpha value is -4.58. The maximum absolute atomic E-state index is 12.6. The van der Waals surface area contributed by atoms with Crippen molar-refractivity contribution in [2.45, 2.75) is 32.4 Å². The third-order valence-electron chi connectivity index (χ3n) is 6.05. The Bertz CT molecular complexity index is 1240. The van der Waals surface area contributed by atoms with E-state index in [-0.39, 0.29) is 17.7 Å². The third-order valence-corrected chi connectivity index (χ3v) is 6.05. The number of aliphatic imine (C=N–C) groups is 1. The van der Waals surface area contributed by atoms with Crippen molar-refractivity contribution in [3.63, 3.8) is 0 Å². The fraction of sp³-hybridized carbons (Fsp3) is 0.286. The topological polar surface area (TPSA) is 140 Å². The number of nitriles is 1. The van der Waals surface area contributed by atoms with E-state index in [1.165, 1.54) is 13.3 Å². The van der Waals surface area contributed by atoms with Gasteiger partial charge in [0, 0.05) is 43.1 Å². The number of amidine groups is 1. The second-order valence-corrected chi connectivity index (χ2v) is 8.70. The van der Waals surface area contributed by atoms with E-state index in [9.17, 15) is 10.1 Å². The number of hydrogen-bond acceptors (Lipinski definition) is 7. The summed E-state index contributed by atoms with van der Waals surface area (Å²) in [5.41, 5.74) is 9.35. The molecule has 0 aliphatic carbocycles. The number of amides is 1.